The SMILES string of the molecule is [2H]C([2H])([2H])c1cc(C)c(-c2ccc([Si](C)(C)C)c[n+]2C)cc1[N+]#[C-]. The summed E-state index contributed by atoms with van der Waals surface area (Å²) in [5.41, 5.74) is 3.07. The van der Waals surface area contributed by atoms with Gasteiger partial charge in [0.15, 0.2) is 11.9 Å². The van der Waals surface area contributed by atoms with Crippen LogP contribution in [0.25, 0.3) is 16.1 Å². The molecule has 1 aromatic carbocycles. The predicted octanol–water partition coefficient (Wildman–Crippen LogP) is 3.89. The quantitative estimate of drug-likeness (QED) is 0.451. The molecule has 3 heteroatoms. The lowest BCUT2D eigenvalue weighted by Gasteiger charge is -2.15. The van der Waals surface area contributed by atoms with Crippen LogP contribution in [0.4, 0.5) is 5.69 Å². The molecule has 0 fully saturated rings. The second kappa shape index (κ2) is 5.46. The normalized spacial score (nSPS) is 14.0. The first-order valence-electron chi connectivity index (χ1n) is 8.48. The Bertz CT molecular complexity index is 828. The minimum Gasteiger partial charge on any atom is -0.238 e. The van der Waals surface area contributed by atoms with Gasteiger partial charge in [-0.3, -0.25) is 0 Å². The van der Waals surface area contributed by atoms with E-state index in [2.05, 4.69) is 47.4 Å². The van der Waals surface area contributed by atoms with E-state index in [0.29, 0.717) is 0 Å². The molecular formula is C18H23N2Si+. The summed E-state index contributed by atoms with van der Waals surface area (Å²) in [6, 6.07) is 7.55. The third-order valence-electron chi connectivity index (χ3n) is 3.74. The lowest BCUT2D eigenvalue weighted by molar-refractivity contribution is -0.659. The van der Waals surface area contributed by atoms with Crippen LogP contribution >= 0.6 is 0 Å². The number of rotatable bonds is 2. The van der Waals surface area contributed by atoms with Gasteiger partial charge in [-0.25, -0.2) is 9.41 Å². The van der Waals surface area contributed by atoms with Crippen molar-refractivity contribution in [3.63, 3.8) is 0 Å². The summed E-state index contributed by atoms with van der Waals surface area (Å²) in [7, 11) is 0.596. The molecule has 0 unspecified atom stereocenters. The first-order valence-corrected chi connectivity index (χ1v) is 10.5. The maximum atomic E-state index is 7.62. The standard InChI is InChI=1S/C18H23N2Si/c1-13-10-14(2)17(19-3)11-16(13)18-9-8-15(12-20(18)4)21(5,6)7/h8-12H,1-2,4-7H3/q+1/i2D3. The number of hydrogen-bond donors (Lipinski definition) is 0. The summed E-state index contributed by atoms with van der Waals surface area (Å²) < 4.78 is 24.9. The van der Waals surface area contributed by atoms with E-state index >= 15 is 0 Å². The number of nitrogens with zero attached hydrogens (tertiary/aromatic N) is 2. The first-order chi connectivity index (χ1) is 10.9. The maximum Gasteiger partial charge on any atom is 0.211 e. The average molecular weight is 299 g/mol. The summed E-state index contributed by atoms with van der Waals surface area (Å²) >= 11 is 0. The molecule has 0 atom stereocenters. The summed E-state index contributed by atoms with van der Waals surface area (Å²) in [5.74, 6) is 0. The molecule has 0 aliphatic rings. The number of benzene rings is 1. The molecule has 0 saturated heterocycles. The molecule has 1 aromatic heterocycles. The smallest absolute Gasteiger partial charge is 0.211 e. The van der Waals surface area contributed by atoms with E-state index in [1.54, 1.807) is 12.1 Å². The van der Waals surface area contributed by atoms with E-state index < -0.39 is 14.9 Å². The number of hydrogen-bond acceptors (Lipinski definition) is 0. The summed E-state index contributed by atoms with van der Waals surface area (Å²) in [5, 5.41) is 1.36. The van der Waals surface area contributed by atoms with Crippen molar-refractivity contribution >= 4 is 18.9 Å². The molecule has 108 valence electrons. The van der Waals surface area contributed by atoms with Gasteiger partial charge in [-0.1, -0.05) is 31.8 Å². The molecule has 0 bridgehead atoms. The predicted molar refractivity (Wildman–Crippen MR) is 91.8 cm³/mol. The van der Waals surface area contributed by atoms with Crippen LogP contribution in [0.5, 0.6) is 0 Å². The Morgan fingerprint density at radius 2 is 1.90 bits per heavy atom. The van der Waals surface area contributed by atoms with Gasteiger partial charge < -0.3 is 0 Å². The van der Waals surface area contributed by atoms with E-state index in [4.69, 9.17) is 10.7 Å². The number of aryl methyl sites for hydroxylation is 3. The number of pyridine rings is 1. The Morgan fingerprint density at radius 1 is 1.19 bits per heavy atom. The van der Waals surface area contributed by atoms with Crippen molar-refractivity contribution in [1.82, 2.24) is 0 Å². The molecule has 0 aliphatic carbocycles. The maximum absolute atomic E-state index is 7.62. The molecular weight excluding hydrogens is 272 g/mol. The van der Waals surface area contributed by atoms with Crippen molar-refractivity contribution in [2.24, 2.45) is 7.05 Å². The van der Waals surface area contributed by atoms with Gasteiger partial charge in [0.05, 0.1) is 14.6 Å². The third kappa shape index (κ3) is 3.06. The van der Waals surface area contributed by atoms with Gasteiger partial charge in [-0.2, -0.15) is 0 Å². The average Bonchev–Trinajstić information content (AvgIpc) is 2.45. The molecule has 2 nitrogen and oxygen atoms in total. The van der Waals surface area contributed by atoms with Crippen LogP contribution in [-0.4, -0.2) is 8.07 Å². The molecule has 1 heterocycles. The molecule has 0 spiro atoms. The van der Waals surface area contributed by atoms with Crippen LogP contribution in [0.1, 0.15) is 15.2 Å². The molecule has 0 aliphatic heterocycles. The molecule has 0 saturated carbocycles. The molecule has 0 amide bonds. The Hall–Kier alpha value is -1.92. The minimum atomic E-state index is -2.27. The van der Waals surface area contributed by atoms with Crippen LogP contribution in [0.3, 0.4) is 0 Å². The zero-order chi connectivity index (χ0) is 18.3. The van der Waals surface area contributed by atoms with Crippen molar-refractivity contribution in [3.8, 4) is 11.3 Å². The summed E-state index contributed by atoms with van der Waals surface area (Å²) in [4.78, 5) is 3.44. The highest BCUT2D eigenvalue weighted by atomic mass is 28.3. The zero-order valence-electron chi connectivity index (χ0n) is 16.3. The first kappa shape index (κ1) is 11.7. The highest BCUT2D eigenvalue weighted by Gasteiger charge is 2.22. The van der Waals surface area contributed by atoms with Gasteiger partial charge in [0, 0.05) is 20.9 Å². The lowest BCUT2D eigenvalue weighted by atomic mass is 10.0. The third-order valence-corrected chi connectivity index (χ3v) is 5.77. The van der Waals surface area contributed by atoms with E-state index in [1.807, 2.05) is 14.0 Å². The largest absolute Gasteiger partial charge is 0.238 e. The monoisotopic (exact) mass is 298 g/mol. The van der Waals surface area contributed by atoms with Crippen molar-refractivity contribution in [3.05, 3.63) is 53.0 Å². The van der Waals surface area contributed by atoms with E-state index in [0.717, 1.165) is 16.8 Å². The van der Waals surface area contributed by atoms with E-state index in [1.165, 1.54) is 5.19 Å². The highest BCUT2D eigenvalue weighted by Crippen LogP contribution is 2.29. The van der Waals surface area contributed by atoms with Crippen LogP contribution < -0.4 is 9.75 Å². The Kier molecular flexibility index (Phi) is 3.04. The van der Waals surface area contributed by atoms with Gasteiger partial charge in [0.1, 0.15) is 7.05 Å². The second-order valence-electron chi connectivity index (χ2n) is 6.46. The van der Waals surface area contributed by atoms with Gasteiger partial charge in [-0.15, -0.1) is 0 Å². The van der Waals surface area contributed by atoms with Crippen LogP contribution in [0.15, 0.2) is 30.5 Å². The van der Waals surface area contributed by atoms with Gasteiger partial charge in [0.25, 0.3) is 0 Å². The fourth-order valence-electron chi connectivity index (χ4n) is 2.40. The van der Waals surface area contributed by atoms with Crippen LogP contribution in [0, 0.1) is 20.3 Å². The van der Waals surface area contributed by atoms with Gasteiger partial charge in [-0.05, 0) is 31.0 Å². The molecule has 0 radical (unpaired) electrons. The Labute approximate surface area is 133 Å². The van der Waals surface area contributed by atoms with Crippen molar-refractivity contribution in [2.45, 2.75) is 33.4 Å². The molecule has 2 aromatic rings. The topological polar surface area (TPSA) is 8.24 Å². The molecule has 21 heavy (non-hydrogen) atoms. The number of aromatic nitrogens is 1. The summed E-state index contributed by atoms with van der Waals surface area (Å²) in [6.07, 6.45) is 2.15. The fourth-order valence-corrected chi connectivity index (χ4v) is 3.56. The van der Waals surface area contributed by atoms with Crippen molar-refractivity contribution < 1.29 is 8.68 Å². The zero-order valence-corrected chi connectivity index (χ0v) is 14.3. The van der Waals surface area contributed by atoms with E-state index in [9.17, 15) is 0 Å². The van der Waals surface area contributed by atoms with Crippen LogP contribution in [0.2, 0.25) is 19.6 Å². The fraction of sp³-hybridized carbons (Fsp3) is 0.333. The summed E-state index contributed by atoms with van der Waals surface area (Å²) in [6.45, 7) is 13.9. The second-order valence-corrected chi connectivity index (χ2v) is 11.5. The Balaban J connectivity index is 2.65. The lowest BCUT2D eigenvalue weighted by Crippen LogP contribution is -2.44. The minimum absolute atomic E-state index is 0.125. The molecule has 0 N–H and O–H groups in total. The van der Waals surface area contributed by atoms with Gasteiger partial charge >= 0.3 is 0 Å². The van der Waals surface area contributed by atoms with Crippen molar-refractivity contribution in [1.29, 1.82) is 0 Å². The van der Waals surface area contributed by atoms with E-state index in [-0.39, 0.29) is 11.3 Å². The highest BCUT2D eigenvalue weighted by molar-refractivity contribution is 6.88. The Morgan fingerprint density at radius 3 is 2.43 bits per heavy atom. The van der Waals surface area contributed by atoms with Gasteiger partial charge in [0.2, 0.25) is 5.69 Å². The van der Waals surface area contributed by atoms with Crippen molar-refractivity contribution in [2.75, 3.05) is 0 Å². The van der Waals surface area contributed by atoms with Crippen LogP contribution in [-0.2, 0) is 7.05 Å². The molecule has 2 rings (SSSR count).